The molecule has 5 nitrogen and oxygen atoms in total. The second-order valence-corrected chi connectivity index (χ2v) is 5.35. The summed E-state index contributed by atoms with van der Waals surface area (Å²) in [6.45, 7) is 0. The van der Waals surface area contributed by atoms with Crippen molar-refractivity contribution in [1.29, 1.82) is 0 Å². The number of anilines is 1. The SMILES string of the molecule is NNc1ncc(Br)c(Oc2cc(Br)ccc2Cl)n1. The summed E-state index contributed by atoms with van der Waals surface area (Å²) in [4.78, 5) is 7.99. The highest BCUT2D eigenvalue weighted by Gasteiger charge is 2.10. The lowest BCUT2D eigenvalue weighted by Crippen LogP contribution is -2.10. The first kappa shape index (κ1) is 13.5. The summed E-state index contributed by atoms with van der Waals surface area (Å²) in [5, 5.41) is 0.478. The first-order chi connectivity index (χ1) is 8.60. The van der Waals surface area contributed by atoms with Gasteiger partial charge in [-0.3, -0.25) is 5.43 Å². The fourth-order valence-corrected chi connectivity index (χ4v) is 1.92. The number of hydrogen-bond acceptors (Lipinski definition) is 5. The van der Waals surface area contributed by atoms with Crippen molar-refractivity contribution in [2.24, 2.45) is 5.84 Å². The maximum Gasteiger partial charge on any atom is 0.240 e. The Hall–Kier alpha value is -0.890. The van der Waals surface area contributed by atoms with Gasteiger partial charge in [-0.05, 0) is 34.1 Å². The molecule has 1 aromatic carbocycles. The van der Waals surface area contributed by atoms with Crippen LogP contribution in [0.25, 0.3) is 0 Å². The largest absolute Gasteiger partial charge is 0.436 e. The number of benzene rings is 1. The van der Waals surface area contributed by atoms with Crippen molar-refractivity contribution >= 4 is 49.4 Å². The molecule has 0 saturated carbocycles. The van der Waals surface area contributed by atoms with Crippen LogP contribution in [0.4, 0.5) is 5.95 Å². The number of hydrazine groups is 1. The molecule has 0 aliphatic carbocycles. The van der Waals surface area contributed by atoms with E-state index in [2.05, 4.69) is 47.3 Å². The van der Waals surface area contributed by atoms with E-state index in [1.807, 2.05) is 6.07 Å². The minimum absolute atomic E-state index is 0.249. The molecule has 0 bridgehead atoms. The summed E-state index contributed by atoms with van der Waals surface area (Å²) in [6.07, 6.45) is 1.53. The lowest BCUT2D eigenvalue weighted by Gasteiger charge is -2.09. The average molecular weight is 394 g/mol. The van der Waals surface area contributed by atoms with E-state index in [0.717, 1.165) is 4.47 Å². The summed E-state index contributed by atoms with van der Waals surface area (Å²) < 4.78 is 7.05. The Balaban J connectivity index is 2.36. The van der Waals surface area contributed by atoms with Crippen LogP contribution >= 0.6 is 43.5 Å². The minimum Gasteiger partial charge on any atom is -0.436 e. The summed E-state index contributed by atoms with van der Waals surface area (Å²) >= 11 is 12.7. The summed E-state index contributed by atoms with van der Waals surface area (Å²) in [7, 11) is 0. The van der Waals surface area contributed by atoms with Gasteiger partial charge in [0.1, 0.15) is 5.75 Å². The number of nitrogens with one attached hydrogen (secondary N) is 1. The summed E-state index contributed by atoms with van der Waals surface area (Å²) in [5.41, 5.74) is 2.34. The molecule has 0 fully saturated rings. The number of nitrogens with zero attached hydrogens (tertiary/aromatic N) is 2. The molecule has 1 aromatic heterocycles. The molecule has 3 N–H and O–H groups in total. The van der Waals surface area contributed by atoms with Gasteiger partial charge >= 0.3 is 0 Å². The van der Waals surface area contributed by atoms with Crippen LogP contribution in [0.2, 0.25) is 5.02 Å². The minimum atomic E-state index is 0.249. The molecule has 0 atom stereocenters. The quantitative estimate of drug-likeness (QED) is 0.613. The first-order valence-corrected chi connectivity index (χ1v) is 6.68. The summed E-state index contributed by atoms with van der Waals surface area (Å²) in [5.74, 6) is 6.28. The molecule has 0 amide bonds. The molecule has 8 heteroatoms. The van der Waals surface area contributed by atoms with Crippen molar-refractivity contribution in [3.05, 3.63) is 38.4 Å². The number of nitrogens with two attached hydrogens (primary N) is 1. The predicted octanol–water partition coefficient (Wildman–Crippen LogP) is 3.73. The van der Waals surface area contributed by atoms with E-state index in [0.29, 0.717) is 21.1 Å². The number of ether oxygens (including phenoxy) is 1. The van der Waals surface area contributed by atoms with Gasteiger partial charge in [0, 0.05) is 4.47 Å². The Kier molecular flexibility index (Phi) is 4.39. The van der Waals surface area contributed by atoms with E-state index >= 15 is 0 Å². The van der Waals surface area contributed by atoms with Gasteiger partial charge in [0.2, 0.25) is 11.8 Å². The van der Waals surface area contributed by atoms with Crippen LogP contribution in [0.3, 0.4) is 0 Å². The Morgan fingerprint density at radius 3 is 2.83 bits per heavy atom. The molecule has 0 saturated heterocycles. The van der Waals surface area contributed by atoms with Gasteiger partial charge in [-0.2, -0.15) is 4.98 Å². The second kappa shape index (κ2) is 5.83. The van der Waals surface area contributed by atoms with Gasteiger partial charge in [0.25, 0.3) is 0 Å². The topological polar surface area (TPSA) is 73.1 Å². The normalized spacial score (nSPS) is 10.2. The smallest absolute Gasteiger partial charge is 0.240 e. The fraction of sp³-hybridized carbons (Fsp3) is 0. The number of hydrogen-bond donors (Lipinski definition) is 2. The zero-order chi connectivity index (χ0) is 13.1. The number of rotatable bonds is 3. The Morgan fingerprint density at radius 1 is 1.33 bits per heavy atom. The van der Waals surface area contributed by atoms with E-state index < -0.39 is 0 Å². The first-order valence-electron chi connectivity index (χ1n) is 4.72. The lowest BCUT2D eigenvalue weighted by atomic mass is 10.3. The Bertz CT molecular complexity index is 582. The molecule has 1 heterocycles. The maximum absolute atomic E-state index is 6.03. The van der Waals surface area contributed by atoms with Crippen molar-refractivity contribution in [3.8, 4) is 11.6 Å². The number of nitrogen functional groups attached to an aromatic ring is 1. The van der Waals surface area contributed by atoms with Gasteiger partial charge in [-0.25, -0.2) is 10.8 Å². The molecule has 0 aliphatic heterocycles. The van der Waals surface area contributed by atoms with Crippen molar-refractivity contribution in [2.75, 3.05) is 5.43 Å². The van der Waals surface area contributed by atoms with E-state index in [1.54, 1.807) is 12.1 Å². The number of aromatic nitrogens is 2. The van der Waals surface area contributed by atoms with Crippen molar-refractivity contribution in [1.82, 2.24) is 9.97 Å². The zero-order valence-electron chi connectivity index (χ0n) is 8.82. The van der Waals surface area contributed by atoms with Crippen molar-refractivity contribution < 1.29 is 4.74 Å². The molecule has 2 rings (SSSR count). The van der Waals surface area contributed by atoms with Crippen LogP contribution in [-0.2, 0) is 0 Å². The third-order valence-corrected chi connectivity index (χ3v) is 3.29. The van der Waals surface area contributed by atoms with Crippen molar-refractivity contribution in [3.63, 3.8) is 0 Å². The van der Waals surface area contributed by atoms with Gasteiger partial charge in [0.05, 0.1) is 15.7 Å². The second-order valence-electron chi connectivity index (χ2n) is 3.17. The van der Waals surface area contributed by atoms with Gasteiger partial charge in [-0.1, -0.05) is 27.5 Å². The monoisotopic (exact) mass is 392 g/mol. The van der Waals surface area contributed by atoms with Crippen LogP contribution in [0.15, 0.2) is 33.3 Å². The standard InChI is InChI=1S/C10H7Br2ClN4O/c11-5-1-2-7(13)8(3-5)18-9-6(12)4-15-10(16-9)17-14/h1-4H,14H2,(H,15,16,17). The number of halogens is 3. The van der Waals surface area contributed by atoms with Crippen LogP contribution < -0.4 is 16.0 Å². The highest BCUT2D eigenvalue weighted by atomic mass is 79.9. The van der Waals surface area contributed by atoms with Gasteiger partial charge in [0.15, 0.2) is 0 Å². The lowest BCUT2D eigenvalue weighted by molar-refractivity contribution is 0.459. The zero-order valence-corrected chi connectivity index (χ0v) is 12.8. The van der Waals surface area contributed by atoms with Crippen LogP contribution in [-0.4, -0.2) is 9.97 Å². The summed E-state index contributed by atoms with van der Waals surface area (Å²) in [6, 6.07) is 5.28. The maximum atomic E-state index is 6.03. The highest BCUT2D eigenvalue weighted by molar-refractivity contribution is 9.10. The molecule has 0 unspecified atom stereocenters. The third-order valence-electron chi connectivity index (χ3n) is 1.94. The van der Waals surface area contributed by atoms with E-state index in [-0.39, 0.29) is 5.95 Å². The molecule has 2 aromatic rings. The highest BCUT2D eigenvalue weighted by Crippen LogP contribution is 2.34. The fourth-order valence-electron chi connectivity index (χ4n) is 1.15. The molecular formula is C10H7Br2ClN4O. The Morgan fingerprint density at radius 2 is 2.11 bits per heavy atom. The van der Waals surface area contributed by atoms with E-state index in [9.17, 15) is 0 Å². The van der Waals surface area contributed by atoms with Crippen LogP contribution in [0.5, 0.6) is 11.6 Å². The van der Waals surface area contributed by atoms with Gasteiger partial charge < -0.3 is 4.74 Å². The van der Waals surface area contributed by atoms with Crippen LogP contribution in [0.1, 0.15) is 0 Å². The third kappa shape index (κ3) is 3.11. The molecular weight excluding hydrogens is 387 g/mol. The average Bonchev–Trinajstić information content (AvgIpc) is 2.36. The van der Waals surface area contributed by atoms with Crippen LogP contribution in [0, 0.1) is 0 Å². The predicted molar refractivity (Wildman–Crippen MR) is 76.8 cm³/mol. The van der Waals surface area contributed by atoms with Gasteiger partial charge in [-0.15, -0.1) is 0 Å². The molecule has 0 radical (unpaired) electrons. The molecule has 0 aliphatic rings. The van der Waals surface area contributed by atoms with Crippen molar-refractivity contribution in [2.45, 2.75) is 0 Å². The molecule has 0 spiro atoms. The Labute approximate surface area is 125 Å². The molecule has 94 valence electrons. The molecule has 18 heavy (non-hydrogen) atoms. The van der Waals surface area contributed by atoms with E-state index in [4.69, 9.17) is 22.2 Å². The van der Waals surface area contributed by atoms with E-state index in [1.165, 1.54) is 6.20 Å².